The lowest BCUT2D eigenvalue weighted by atomic mass is 9.50. The molecule has 108 valence electrons. The van der Waals surface area contributed by atoms with Gasteiger partial charge in [0, 0.05) is 0 Å². The van der Waals surface area contributed by atoms with E-state index >= 15 is 0 Å². The quantitative estimate of drug-likeness (QED) is 0.537. The van der Waals surface area contributed by atoms with Gasteiger partial charge in [-0.15, -0.1) is 0 Å². The van der Waals surface area contributed by atoms with Crippen molar-refractivity contribution in [1.82, 2.24) is 0 Å². The summed E-state index contributed by atoms with van der Waals surface area (Å²) in [5, 5.41) is 0. The van der Waals surface area contributed by atoms with Crippen molar-refractivity contribution in [2.75, 3.05) is 0 Å². The minimum Gasteiger partial charge on any atom is -0.0995 e. The Morgan fingerprint density at radius 2 is 2.25 bits per heavy atom. The predicted molar refractivity (Wildman–Crippen MR) is 85.4 cm³/mol. The van der Waals surface area contributed by atoms with Crippen LogP contribution in [-0.4, -0.2) is 0 Å². The average Bonchev–Trinajstić information content (AvgIpc) is 2.91. The third kappa shape index (κ3) is 1.66. The molecule has 0 aromatic carbocycles. The number of hydrogen-bond acceptors (Lipinski definition) is 0. The molecule has 5 atom stereocenters. The second-order valence-corrected chi connectivity index (χ2v) is 7.79. The van der Waals surface area contributed by atoms with Gasteiger partial charge in [0.25, 0.3) is 0 Å². The highest BCUT2D eigenvalue weighted by molar-refractivity contribution is 5.30. The Kier molecular flexibility index (Phi) is 2.98. The van der Waals surface area contributed by atoms with Gasteiger partial charge in [0.05, 0.1) is 0 Å². The monoisotopic (exact) mass is 268 g/mol. The summed E-state index contributed by atoms with van der Waals surface area (Å²) >= 11 is 0. The predicted octanol–water partition coefficient (Wildman–Crippen LogP) is 5.67. The van der Waals surface area contributed by atoms with Gasteiger partial charge in [-0.1, -0.05) is 49.3 Å². The molecule has 0 aromatic rings. The topological polar surface area (TPSA) is 0 Å². The van der Waals surface area contributed by atoms with E-state index in [1.54, 1.807) is 11.1 Å². The molecule has 4 aliphatic carbocycles. The van der Waals surface area contributed by atoms with Crippen LogP contribution < -0.4 is 0 Å². The van der Waals surface area contributed by atoms with Crippen LogP contribution in [0, 0.1) is 29.1 Å². The Morgan fingerprint density at radius 3 is 3.10 bits per heavy atom. The Morgan fingerprint density at radius 1 is 1.35 bits per heavy atom. The molecule has 4 aliphatic rings. The van der Waals surface area contributed by atoms with Crippen LogP contribution in [0.5, 0.6) is 0 Å². The first kappa shape index (κ1) is 12.9. The molecule has 0 bridgehead atoms. The molecule has 0 heteroatoms. The first-order chi connectivity index (χ1) is 9.75. The molecule has 0 heterocycles. The van der Waals surface area contributed by atoms with Gasteiger partial charge >= 0.3 is 0 Å². The molecular weight excluding hydrogens is 240 g/mol. The van der Waals surface area contributed by atoms with Crippen molar-refractivity contribution in [1.29, 1.82) is 0 Å². The molecule has 20 heavy (non-hydrogen) atoms. The maximum absolute atomic E-state index is 4.59. The fraction of sp³-hybridized carbons (Fsp3) is 0.700. The van der Waals surface area contributed by atoms with Crippen molar-refractivity contribution in [3.05, 3.63) is 36.0 Å². The van der Waals surface area contributed by atoms with E-state index in [1.807, 2.05) is 0 Å². The van der Waals surface area contributed by atoms with Crippen LogP contribution in [0.1, 0.15) is 58.3 Å². The van der Waals surface area contributed by atoms with Crippen LogP contribution in [0.3, 0.4) is 0 Å². The number of hydrogen-bond donors (Lipinski definition) is 0. The van der Waals surface area contributed by atoms with Gasteiger partial charge in [0.2, 0.25) is 0 Å². The highest BCUT2D eigenvalue weighted by Crippen LogP contribution is 2.64. The summed E-state index contributed by atoms with van der Waals surface area (Å²) in [7, 11) is 0. The minimum atomic E-state index is 0.643. The van der Waals surface area contributed by atoms with Crippen molar-refractivity contribution in [3.8, 4) is 0 Å². The van der Waals surface area contributed by atoms with Crippen molar-refractivity contribution in [2.24, 2.45) is 29.1 Å². The van der Waals surface area contributed by atoms with Gasteiger partial charge < -0.3 is 0 Å². The first-order valence-electron chi connectivity index (χ1n) is 8.78. The number of fused-ring (bicyclic) bond motifs is 5. The molecule has 0 spiro atoms. The Bertz CT molecular complexity index is 480. The molecule has 0 amide bonds. The number of rotatable bonds is 1. The van der Waals surface area contributed by atoms with E-state index < -0.39 is 0 Å². The zero-order valence-corrected chi connectivity index (χ0v) is 12.9. The van der Waals surface area contributed by atoms with E-state index in [4.69, 9.17) is 0 Å². The fourth-order valence-corrected chi connectivity index (χ4v) is 6.38. The lowest BCUT2D eigenvalue weighted by Gasteiger charge is -2.54. The highest BCUT2D eigenvalue weighted by atomic mass is 14.6. The second kappa shape index (κ2) is 4.61. The molecule has 0 aliphatic heterocycles. The molecule has 0 nitrogen and oxygen atoms in total. The molecule has 0 aromatic heterocycles. The zero-order valence-electron chi connectivity index (χ0n) is 12.9. The summed E-state index contributed by atoms with van der Waals surface area (Å²) in [5.41, 5.74) is 3.99. The Labute approximate surface area is 124 Å². The lowest BCUT2D eigenvalue weighted by Crippen LogP contribution is -2.46. The van der Waals surface area contributed by atoms with E-state index in [1.165, 1.54) is 51.4 Å². The summed E-state index contributed by atoms with van der Waals surface area (Å²) in [6, 6.07) is 0. The van der Waals surface area contributed by atoms with Crippen molar-refractivity contribution in [2.45, 2.75) is 58.3 Å². The van der Waals surface area contributed by atoms with Crippen LogP contribution in [0.2, 0.25) is 0 Å². The summed E-state index contributed by atoms with van der Waals surface area (Å²) in [6.07, 6.45) is 18.3. The van der Waals surface area contributed by atoms with Gasteiger partial charge in [-0.25, -0.2) is 0 Å². The van der Waals surface area contributed by atoms with Gasteiger partial charge in [-0.2, -0.15) is 0 Å². The van der Waals surface area contributed by atoms with E-state index in [0.717, 1.165) is 23.7 Å². The average molecular weight is 268 g/mol. The Hall–Kier alpha value is -0.780. The van der Waals surface area contributed by atoms with E-state index in [-0.39, 0.29) is 0 Å². The van der Waals surface area contributed by atoms with Crippen molar-refractivity contribution >= 4 is 0 Å². The third-order valence-electron chi connectivity index (χ3n) is 7.22. The normalized spacial score (nSPS) is 46.5. The molecule has 0 saturated heterocycles. The highest BCUT2D eigenvalue weighted by Gasteiger charge is 2.54. The van der Waals surface area contributed by atoms with Crippen LogP contribution in [0.4, 0.5) is 0 Å². The molecular formula is C20H28. The lowest BCUT2D eigenvalue weighted by molar-refractivity contribution is 0.0275. The third-order valence-corrected chi connectivity index (χ3v) is 7.22. The maximum atomic E-state index is 4.59. The molecule has 3 fully saturated rings. The van der Waals surface area contributed by atoms with Crippen molar-refractivity contribution in [3.63, 3.8) is 0 Å². The van der Waals surface area contributed by atoms with Crippen LogP contribution in [-0.2, 0) is 0 Å². The maximum Gasteiger partial charge on any atom is -0.00971 e. The molecule has 0 N–H and O–H groups in total. The molecule has 4 rings (SSSR count). The van der Waals surface area contributed by atoms with Gasteiger partial charge in [-0.05, 0) is 74.0 Å². The summed E-state index contributed by atoms with van der Waals surface area (Å²) in [6.45, 7) is 7.03. The van der Waals surface area contributed by atoms with Crippen LogP contribution in [0.15, 0.2) is 36.0 Å². The van der Waals surface area contributed by atoms with Gasteiger partial charge in [0.15, 0.2) is 0 Å². The smallest absolute Gasteiger partial charge is 0.00971 e. The van der Waals surface area contributed by atoms with Gasteiger partial charge in [0.1, 0.15) is 0 Å². The summed E-state index contributed by atoms with van der Waals surface area (Å²) in [4.78, 5) is 0. The zero-order chi connectivity index (χ0) is 13.7. The summed E-state index contributed by atoms with van der Waals surface area (Å²) in [5.74, 6) is 3.58. The molecule has 0 unspecified atom stereocenters. The largest absolute Gasteiger partial charge is 0.0995 e. The van der Waals surface area contributed by atoms with Crippen LogP contribution >= 0.6 is 0 Å². The first-order valence-corrected chi connectivity index (χ1v) is 8.78. The molecule has 3 saturated carbocycles. The standard InChI is InChI=1S/C20H28/c1-3-20-12-6-9-18(20)17-11-10-15-7-4-5-8-16(15)19(17)14(2)13-20/h4-5,7,16-19H,2-3,6,8-13H2,1H3/t16-,17-,18-,19+,20-/m0/s1. The minimum absolute atomic E-state index is 0.643. The van der Waals surface area contributed by atoms with Crippen molar-refractivity contribution < 1.29 is 0 Å². The second-order valence-electron chi connectivity index (χ2n) is 7.79. The SMILES string of the molecule is C=C1C[C@]2(CC)CCC[C@H]2[C@@H]2CCC3=CC=CC[C@@H]3[C@@H]12. The van der Waals surface area contributed by atoms with Crippen LogP contribution in [0.25, 0.3) is 0 Å². The van der Waals surface area contributed by atoms with E-state index in [2.05, 4.69) is 31.7 Å². The molecule has 0 radical (unpaired) electrons. The van der Waals surface area contributed by atoms with E-state index in [0.29, 0.717) is 5.41 Å². The fourth-order valence-electron chi connectivity index (χ4n) is 6.38. The number of allylic oxidation sites excluding steroid dienone is 5. The Balaban J connectivity index is 1.70. The van der Waals surface area contributed by atoms with E-state index in [9.17, 15) is 0 Å². The summed E-state index contributed by atoms with van der Waals surface area (Å²) < 4.78 is 0. The van der Waals surface area contributed by atoms with Gasteiger partial charge in [-0.3, -0.25) is 0 Å².